The van der Waals surface area contributed by atoms with Crippen molar-refractivity contribution in [3.63, 3.8) is 0 Å². The first-order valence-corrected chi connectivity index (χ1v) is 9.53. The van der Waals surface area contributed by atoms with Crippen molar-refractivity contribution in [2.24, 2.45) is 0 Å². The van der Waals surface area contributed by atoms with Gasteiger partial charge in [0.15, 0.2) is 6.10 Å². The minimum atomic E-state index is -0.753. The molecule has 1 atom stereocenters. The van der Waals surface area contributed by atoms with Gasteiger partial charge < -0.3 is 13.9 Å². The van der Waals surface area contributed by atoms with Gasteiger partial charge in [0, 0.05) is 17.5 Å². The third kappa shape index (κ3) is 4.25. The van der Waals surface area contributed by atoms with Gasteiger partial charge in [-0.15, -0.1) is 0 Å². The molecule has 0 aliphatic heterocycles. The van der Waals surface area contributed by atoms with Crippen molar-refractivity contribution in [2.45, 2.75) is 39.7 Å². The predicted molar refractivity (Wildman–Crippen MR) is 109 cm³/mol. The number of aryl methyl sites for hydroxylation is 1. The third-order valence-electron chi connectivity index (χ3n) is 4.45. The van der Waals surface area contributed by atoms with Crippen LogP contribution in [0.3, 0.4) is 0 Å². The average molecular weight is 380 g/mol. The fourth-order valence-electron chi connectivity index (χ4n) is 3.16. The van der Waals surface area contributed by atoms with Crippen molar-refractivity contribution in [1.29, 1.82) is 0 Å². The van der Waals surface area contributed by atoms with Crippen LogP contribution in [-0.2, 0) is 16.0 Å². The summed E-state index contributed by atoms with van der Waals surface area (Å²) in [5.41, 5.74) is 2.71. The van der Waals surface area contributed by atoms with Crippen LogP contribution in [0.5, 0.6) is 5.75 Å². The predicted octanol–water partition coefficient (Wildman–Crippen LogP) is 4.74. The van der Waals surface area contributed by atoms with Crippen molar-refractivity contribution in [1.82, 2.24) is 0 Å². The molecule has 0 N–H and O–H groups in total. The summed E-state index contributed by atoms with van der Waals surface area (Å²) in [6.07, 6.45) is 0.929. The van der Waals surface area contributed by atoms with Crippen molar-refractivity contribution in [3.05, 3.63) is 64.5 Å². The van der Waals surface area contributed by atoms with E-state index in [-0.39, 0.29) is 0 Å². The first-order chi connectivity index (χ1) is 13.5. The molecule has 3 rings (SSSR count). The number of hydrogen-bond acceptors (Lipinski definition) is 5. The van der Waals surface area contributed by atoms with Crippen LogP contribution in [0.1, 0.15) is 32.8 Å². The summed E-state index contributed by atoms with van der Waals surface area (Å²) in [5.74, 6) is 0.104. The Hall–Kier alpha value is -3.08. The van der Waals surface area contributed by atoms with Crippen molar-refractivity contribution in [2.75, 3.05) is 6.61 Å². The second-order valence-corrected chi connectivity index (χ2v) is 6.56. The number of carbonyl (C=O) groups excluding carboxylic acids is 1. The minimum absolute atomic E-state index is 0.293. The van der Waals surface area contributed by atoms with Gasteiger partial charge in [0.05, 0.1) is 6.61 Å². The Morgan fingerprint density at radius 2 is 1.86 bits per heavy atom. The standard InChI is InChI=1S/C23H24O5/c1-4-9-17-12-19-18(16-10-7-6-8-11-16)13-22(24)28-21(19)14-20(17)27-15(3)23(25)26-5-2/h6-8,10-15H,4-5,9H2,1-3H3/t15-/m1/s1. The van der Waals surface area contributed by atoms with Crippen LogP contribution in [0.15, 0.2) is 57.7 Å². The van der Waals surface area contributed by atoms with Gasteiger partial charge in [-0.05, 0) is 43.0 Å². The highest BCUT2D eigenvalue weighted by molar-refractivity contribution is 5.94. The van der Waals surface area contributed by atoms with Crippen molar-refractivity contribution in [3.8, 4) is 16.9 Å². The molecule has 0 saturated carbocycles. The average Bonchev–Trinajstić information content (AvgIpc) is 2.69. The molecule has 0 spiro atoms. The molecule has 0 saturated heterocycles. The summed E-state index contributed by atoms with van der Waals surface area (Å²) in [4.78, 5) is 24.1. The summed E-state index contributed by atoms with van der Waals surface area (Å²) >= 11 is 0. The smallest absolute Gasteiger partial charge is 0.347 e. The maximum atomic E-state index is 12.1. The number of esters is 1. The summed E-state index contributed by atoms with van der Waals surface area (Å²) in [5, 5.41) is 0.838. The fourth-order valence-corrected chi connectivity index (χ4v) is 3.16. The topological polar surface area (TPSA) is 65.7 Å². The molecule has 1 aromatic heterocycles. The number of hydrogen-bond donors (Lipinski definition) is 0. The first-order valence-electron chi connectivity index (χ1n) is 9.53. The van der Waals surface area contributed by atoms with E-state index in [9.17, 15) is 9.59 Å². The van der Waals surface area contributed by atoms with E-state index in [1.807, 2.05) is 36.4 Å². The zero-order chi connectivity index (χ0) is 20.1. The van der Waals surface area contributed by atoms with Gasteiger partial charge in [-0.25, -0.2) is 9.59 Å². The van der Waals surface area contributed by atoms with Crippen LogP contribution >= 0.6 is 0 Å². The second kappa shape index (κ2) is 8.74. The van der Waals surface area contributed by atoms with Crippen LogP contribution in [0.4, 0.5) is 0 Å². The number of fused-ring (bicyclic) bond motifs is 1. The maximum Gasteiger partial charge on any atom is 0.347 e. The second-order valence-electron chi connectivity index (χ2n) is 6.56. The van der Waals surface area contributed by atoms with Gasteiger partial charge in [0.25, 0.3) is 0 Å². The molecule has 146 valence electrons. The minimum Gasteiger partial charge on any atom is -0.479 e. The van der Waals surface area contributed by atoms with Crippen LogP contribution in [0.2, 0.25) is 0 Å². The molecule has 28 heavy (non-hydrogen) atoms. The monoisotopic (exact) mass is 380 g/mol. The Kier molecular flexibility index (Phi) is 6.14. The van der Waals surface area contributed by atoms with E-state index < -0.39 is 17.7 Å². The molecule has 3 aromatic rings. The summed E-state index contributed by atoms with van der Waals surface area (Å²) in [6, 6.07) is 14.9. The molecule has 5 heteroatoms. The van der Waals surface area contributed by atoms with Crippen LogP contribution in [0.25, 0.3) is 22.1 Å². The molecule has 0 radical (unpaired) electrons. The van der Waals surface area contributed by atoms with E-state index in [1.54, 1.807) is 19.9 Å². The van der Waals surface area contributed by atoms with Gasteiger partial charge in [-0.3, -0.25) is 0 Å². The third-order valence-corrected chi connectivity index (χ3v) is 4.45. The number of carbonyl (C=O) groups is 1. The number of benzene rings is 2. The molecule has 2 aromatic carbocycles. The van der Waals surface area contributed by atoms with Crippen molar-refractivity contribution >= 4 is 16.9 Å². The zero-order valence-corrected chi connectivity index (χ0v) is 16.4. The number of ether oxygens (including phenoxy) is 2. The summed E-state index contributed by atoms with van der Waals surface area (Å²) in [7, 11) is 0. The van der Waals surface area contributed by atoms with Crippen LogP contribution in [-0.4, -0.2) is 18.7 Å². The van der Waals surface area contributed by atoms with Crippen LogP contribution in [0, 0.1) is 0 Å². The molecule has 0 amide bonds. The van der Waals surface area contributed by atoms with E-state index in [0.717, 1.165) is 34.9 Å². The lowest BCUT2D eigenvalue weighted by Gasteiger charge is -2.17. The fraction of sp³-hybridized carbons (Fsp3) is 0.304. The van der Waals surface area contributed by atoms with E-state index in [0.29, 0.717) is 17.9 Å². The lowest BCUT2D eigenvalue weighted by Crippen LogP contribution is -2.26. The van der Waals surface area contributed by atoms with E-state index in [4.69, 9.17) is 13.9 Å². The van der Waals surface area contributed by atoms with Gasteiger partial charge in [0.1, 0.15) is 11.3 Å². The van der Waals surface area contributed by atoms with E-state index in [2.05, 4.69) is 6.92 Å². The highest BCUT2D eigenvalue weighted by Crippen LogP contribution is 2.33. The van der Waals surface area contributed by atoms with Gasteiger partial charge in [0.2, 0.25) is 0 Å². The van der Waals surface area contributed by atoms with Crippen LogP contribution < -0.4 is 10.4 Å². The summed E-state index contributed by atoms with van der Waals surface area (Å²) < 4.78 is 16.3. The molecule has 0 unspecified atom stereocenters. The van der Waals surface area contributed by atoms with Gasteiger partial charge >= 0.3 is 11.6 Å². The largest absolute Gasteiger partial charge is 0.479 e. The molecular formula is C23H24O5. The molecule has 0 aliphatic rings. The SMILES string of the molecule is CCCc1cc2c(-c3ccccc3)cc(=O)oc2cc1O[C@H](C)C(=O)OCC. The Morgan fingerprint density at radius 3 is 2.54 bits per heavy atom. The quantitative estimate of drug-likeness (QED) is 0.437. The summed E-state index contributed by atoms with van der Waals surface area (Å²) in [6.45, 7) is 5.77. The highest BCUT2D eigenvalue weighted by Gasteiger charge is 2.19. The molecule has 1 heterocycles. The molecule has 5 nitrogen and oxygen atoms in total. The Balaban J connectivity index is 2.12. The number of rotatable bonds is 7. The normalized spacial score (nSPS) is 12.0. The van der Waals surface area contributed by atoms with Gasteiger partial charge in [-0.1, -0.05) is 43.7 Å². The lowest BCUT2D eigenvalue weighted by molar-refractivity contribution is -0.150. The maximum absolute atomic E-state index is 12.1. The Morgan fingerprint density at radius 1 is 1.11 bits per heavy atom. The lowest BCUT2D eigenvalue weighted by atomic mass is 9.98. The van der Waals surface area contributed by atoms with E-state index >= 15 is 0 Å². The molecule has 0 fully saturated rings. The Labute approximate surface area is 163 Å². The highest BCUT2D eigenvalue weighted by atomic mass is 16.6. The molecule has 0 aliphatic carbocycles. The van der Waals surface area contributed by atoms with E-state index in [1.165, 1.54) is 6.07 Å². The van der Waals surface area contributed by atoms with Crippen molar-refractivity contribution < 1.29 is 18.7 Å². The zero-order valence-electron chi connectivity index (χ0n) is 16.4. The molecular weight excluding hydrogens is 356 g/mol. The first kappa shape index (κ1) is 19.7. The Bertz CT molecular complexity index is 1020. The van der Waals surface area contributed by atoms with Gasteiger partial charge in [-0.2, -0.15) is 0 Å². The molecule has 0 bridgehead atoms.